The third-order valence-electron chi connectivity index (χ3n) is 5.15. The van der Waals surface area contributed by atoms with E-state index in [4.69, 9.17) is 0 Å². The highest BCUT2D eigenvalue weighted by Crippen LogP contribution is 2.31. The predicted molar refractivity (Wildman–Crippen MR) is 88.3 cm³/mol. The van der Waals surface area contributed by atoms with E-state index in [-0.39, 0.29) is 17.2 Å². The van der Waals surface area contributed by atoms with Gasteiger partial charge < -0.3 is 9.47 Å². The highest BCUT2D eigenvalue weighted by atomic mass is 19.4. The van der Waals surface area contributed by atoms with Crippen LogP contribution in [-0.2, 0) is 19.1 Å². The SMILES string of the molecule is O=C(c1cc(C(F)(F)F)[nH]n1)N1CCC[C@@H](c2cc(=O)nc3n2CCC3)C1. The first-order valence-electron chi connectivity index (χ1n) is 8.85. The number of H-pyrrole nitrogens is 1. The van der Waals surface area contributed by atoms with Crippen LogP contribution in [0.2, 0.25) is 0 Å². The first-order valence-corrected chi connectivity index (χ1v) is 8.85. The standard InChI is InChI=1S/C17H18F3N5O2/c18-17(19,20)13-7-11(22-23-13)16(27)24-5-1-3-10(9-24)12-8-15(26)21-14-4-2-6-25(12)14/h7-8,10H,1-6,9H2,(H,22,23)/t10-/m1/s1. The van der Waals surface area contributed by atoms with Crippen LogP contribution in [0.1, 0.15) is 52.9 Å². The molecule has 2 aromatic heterocycles. The van der Waals surface area contributed by atoms with Gasteiger partial charge in [-0.2, -0.15) is 23.3 Å². The van der Waals surface area contributed by atoms with Crippen LogP contribution >= 0.6 is 0 Å². The molecule has 0 aliphatic carbocycles. The van der Waals surface area contributed by atoms with Gasteiger partial charge in [-0.15, -0.1) is 0 Å². The number of carbonyl (C=O) groups excluding carboxylic acids is 1. The van der Waals surface area contributed by atoms with Gasteiger partial charge in [0.15, 0.2) is 5.69 Å². The van der Waals surface area contributed by atoms with Crippen LogP contribution in [0.4, 0.5) is 13.2 Å². The largest absolute Gasteiger partial charge is 0.432 e. The van der Waals surface area contributed by atoms with Gasteiger partial charge >= 0.3 is 6.18 Å². The second-order valence-electron chi connectivity index (χ2n) is 6.95. The maximum atomic E-state index is 12.7. The van der Waals surface area contributed by atoms with E-state index in [1.54, 1.807) is 0 Å². The lowest BCUT2D eigenvalue weighted by molar-refractivity contribution is -0.141. The maximum Gasteiger partial charge on any atom is 0.432 e. The van der Waals surface area contributed by atoms with Crippen molar-refractivity contribution >= 4 is 5.91 Å². The molecule has 2 aliphatic heterocycles. The molecule has 0 aromatic carbocycles. The van der Waals surface area contributed by atoms with E-state index in [2.05, 4.69) is 10.1 Å². The fourth-order valence-electron chi connectivity index (χ4n) is 3.90. The molecule has 1 amide bonds. The van der Waals surface area contributed by atoms with Gasteiger partial charge in [-0.1, -0.05) is 0 Å². The van der Waals surface area contributed by atoms with Crippen LogP contribution < -0.4 is 5.56 Å². The fraction of sp³-hybridized carbons (Fsp3) is 0.529. The number of nitrogens with one attached hydrogen (secondary N) is 1. The Hall–Kier alpha value is -2.65. The van der Waals surface area contributed by atoms with Crippen LogP contribution in [0.15, 0.2) is 16.9 Å². The Morgan fingerprint density at radius 3 is 2.78 bits per heavy atom. The molecule has 1 fully saturated rings. The Kier molecular flexibility index (Phi) is 4.27. The zero-order valence-corrected chi connectivity index (χ0v) is 14.4. The second-order valence-corrected chi connectivity index (χ2v) is 6.95. The van der Waals surface area contributed by atoms with Gasteiger partial charge in [0.2, 0.25) is 0 Å². The highest BCUT2D eigenvalue weighted by Gasteiger charge is 2.35. The van der Waals surface area contributed by atoms with Crippen LogP contribution in [0.25, 0.3) is 0 Å². The third kappa shape index (κ3) is 3.35. The van der Waals surface area contributed by atoms with Crippen molar-refractivity contribution in [3.05, 3.63) is 45.4 Å². The molecule has 10 heteroatoms. The number of hydrogen-bond acceptors (Lipinski definition) is 4. The fourth-order valence-corrected chi connectivity index (χ4v) is 3.90. The number of aromatic nitrogens is 4. The first kappa shape index (κ1) is 17.7. The van der Waals surface area contributed by atoms with E-state index in [0.717, 1.165) is 43.4 Å². The molecule has 1 saturated heterocycles. The summed E-state index contributed by atoms with van der Waals surface area (Å²) in [7, 11) is 0. The van der Waals surface area contributed by atoms with Crippen LogP contribution in [-0.4, -0.2) is 43.6 Å². The summed E-state index contributed by atoms with van der Waals surface area (Å²) in [5, 5.41) is 5.40. The van der Waals surface area contributed by atoms with Gasteiger partial charge in [-0.05, 0) is 19.3 Å². The summed E-state index contributed by atoms with van der Waals surface area (Å²) in [5.41, 5.74) is -0.722. The summed E-state index contributed by atoms with van der Waals surface area (Å²) in [6.07, 6.45) is -1.38. The van der Waals surface area contributed by atoms with Crippen molar-refractivity contribution in [3.8, 4) is 0 Å². The van der Waals surface area contributed by atoms with Crippen LogP contribution in [0.5, 0.6) is 0 Å². The molecule has 27 heavy (non-hydrogen) atoms. The van der Waals surface area contributed by atoms with E-state index in [9.17, 15) is 22.8 Å². The first-order chi connectivity index (χ1) is 12.8. The number of hydrogen-bond donors (Lipinski definition) is 1. The monoisotopic (exact) mass is 381 g/mol. The molecule has 0 spiro atoms. The number of halogens is 3. The molecular weight excluding hydrogens is 363 g/mol. The zero-order chi connectivity index (χ0) is 19.2. The number of aromatic amines is 1. The van der Waals surface area contributed by atoms with E-state index in [1.807, 2.05) is 9.67 Å². The smallest absolute Gasteiger partial charge is 0.337 e. The summed E-state index contributed by atoms with van der Waals surface area (Å²) in [6, 6.07) is 2.25. The summed E-state index contributed by atoms with van der Waals surface area (Å²) in [5.74, 6) is 0.184. The number of likely N-dealkylation sites (tertiary alicyclic amines) is 1. The predicted octanol–water partition coefficient (Wildman–Crippen LogP) is 1.95. The van der Waals surface area contributed by atoms with E-state index in [1.165, 1.54) is 11.0 Å². The number of amides is 1. The lowest BCUT2D eigenvalue weighted by Gasteiger charge is -2.33. The van der Waals surface area contributed by atoms with Gasteiger partial charge in [-0.3, -0.25) is 14.7 Å². The van der Waals surface area contributed by atoms with E-state index < -0.39 is 17.8 Å². The van der Waals surface area contributed by atoms with Crippen molar-refractivity contribution in [1.82, 2.24) is 24.6 Å². The number of aryl methyl sites for hydroxylation is 1. The summed E-state index contributed by atoms with van der Waals surface area (Å²) < 4.78 is 40.2. The molecule has 0 unspecified atom stereocenters. The van der Waals surface area contributed by atoms with Crippen molar-refractivity contribution in [2.45, 2.75) is 44.3 Å². The van der Waals surface area contributed by atoms with Gasteiger partial charge in [0.25, 0.3) is 11.5 Å². The number of nitrogens with zero attached hydrogens (tertiary/aromatic N) is 4. The number of fused-ring (bicyclic) bond motifs is 1. The molecule has 0 radical (unpaired) electrons. The lowest BCUT2D eigenvalue weighted by Crippen LogP contribution is -2.40. The molecule has 1 N–H and O–H groups in total. The van der Waals surface area contributed by atoms with Gasteiger partial charge in [0.1, 0.15) is 11.5 Å². The number of piperidine rings is 1. The molecule has 0 saturated carbocycles. The quantitative estimate of drug-likeness (QED) is 0.862. The zero-order valence-electron chi connectivity index (χ0n) is 14.4. The van der Waals surface area contributed by atoms with Gasteiger partial charge in [0.05, 0.1) is 0 Å². The van der Waals surface area contributed by atoms with Gasteiger partial charge in [-0.25, -0.2) is 0 Å². The third-order valence-corrected chi connectivity index (χ3v) is 5.15. The number of rotatable bonds is 2. The molecule has 4 heterocycles. The van der Waals surface area contributed by atoms with Crippen molar-refractivity contribution in [2.75, 3.05) is 13.1 Å². The molecule has 7 nitrogen and oxygen atoms in total. The Balaban J connectivity index is 1.56. The summed E-state index contributed by atoms with van der Waals surface area (Å²) in [4.78, 5) is 30.1. The van der Waals surface area contributed by atoms with E-state index in [0.29, 0.717) is 19.5 Å². The molecule has 4 rings (SSSR count). The normalized spacial score (nSPS) is 20.0. The molecule has 144 valence electrons. The average molecular weight is 381 g/mol. The van der Waals surface area contributed by atoms with Crippen LogP contribution in [0.3, 0.4) is 0 Å². The molecule has 2 aliphatic rings. The second kappa shape index (κ2) is 6.50. The highest BCUT2D eigenvalue weighted by molar-refractivity contribution is 5.92. The average Bonchev–Trinajstić information content (AvgIpc) is 3.29. The Labute approximate surface area is 152 Å². The maximum absolute atomic E-state index is 12.7. The van der Waals surface area contributed by atoms with Gasteiger partial charge in [0, 0.05) is 49.8 Å². The minimum atomic E-state index is -4.57. The van der Waals surface area contributed by atoms with Crippen molar-refractivity contribution in [1.29, 1.82) is 0 Å². The Bertz CT molecular complexity index is 933. The molecule has 2 aromatic rings. The molecule has 1 atom stereocenters. The Morgan fingerprint density at radius 1 is 1.22 bits per heavy atom. The summed E-state index contributed by atoms with van der Waals surface area (Å²) >= 11 is 0. The Morgan fingerprint density at radius 2 is 2.04 bits per heavy atom. The van der Waals surface area contributed by atoms with E-state index >= 15 is 0 Å². The van der Waals surface area contributed by atoms with Crippen molar-refractivity contribution in [3.63, 3.8) is 0 Å². The molecule has 0 bridgehead atoms. The topological polar surface area (TPSA) is 83.9 Å². The minimum absolute atomic E-state index is 0.0451. The lowest BCUT2D eigenvalue weighted by atomic mass is 9.94. The molecular formula is C17H18F3N5O2. The number of carbonyl (C=O) groups is 1. The van der Waals surface area contributed by atoms with Crippen molar-refractivity contribution in [2.24, 2.45) is 0 Å². The van der Waals surface area contributed by atoms with Crippen molar-refractivity contribution < 1.29 is 18.0 Å². The van der Waals surface area contributed by atoms with Crippen LogP contribution in [0, 0.1) is 0 Å². The summed E-state index contributed by atoms with van der Waals surface area (Å²) in [6.45, 7) is 1.58. The minimum Gasteiger partial charge on any atom is -0.337 e. The number of alkyl halides is 3.